The van der Waals surface area contributed by atoms with Crippen LogP contribution in [0.1, 0.15) is 50.5 Å². The molecular formula is C28H32ClN3O10Si. The van der Waals surface area contributed by atoms with E-state index in [0.29, 0.717) is 0 Å². The van der Waals surface area contributed by atoms with Crippen LogP contribution in [-0.2, 0) is 35.3 Å². The summed E-state index contributed by atoms with van der Waals surface area (Å²) in [5.74, 6) is -3.21. The summed E-state index contributed by atoms with van der Waals surface area (Å²) in [6, 6.07) is 6.28. The number of imide groups is 1. The molecule has 0 fully saturated rings. The summed E-state index contributed by atoms with van der Waals surface area (Å²) in [4.78, 5) is 65.7. The SMILES string of the molecule is CCOC(=O)[C@H]1Cc2c(cc([N+](=O)[O-])cc2[N+](=O)[O-])[C@@H](O[Si](C)(C)C)[C@@]12C(=O)N(C(=O)OC(C)(C)C)c1ccc(Cl)cc12. The van der Waals surface area contributed by atoms with Gasteiger partial charge in [0.15, 0.2) is 8.32 Å². The van der Waals surface area contributed by atoms with Gasteiger partial charge >= 0.3 is 12.1 Å². The van der Waals surface area contributed by atoms with E-state index in [0.717, 1.165) is 17.0 Å². The van der Waals surface area contributed by atoms with E-state index in [1.54, 1.807) is 47.3 Å². The summed E-state index contributed by atoms with van der Waals surface area (Å²) < 4.78 is 17.6. The maximum Gasteiger partial charge on any atom is 0.421 e. The molecular weight excluding hydrogens is 602 g/mol. The van der Waals surface area contributed by atoms with Crippen LogP contribution in [0.3, 0.4) is 0 Å². The van der Waals surface area contributed by atoms with Gasteiger partial charge in [-0.2, -0.15) is 0 Å². The van der Waals surface area contributed by atoms with Crippen molar-refractivity contribution >= 4 is 55.0 Å². The Labute approximate surface area is 253 Å². The number of hydrogen-bond donors (Lipinski definition) is 0. The number of esters is 1. The monoisotopic (exact) mass is 633 g/mol. The number of nitro benzene ring substituents is 2. The molecule has 0 N–H and O–H groups in total. The van der Waals surface area contributed by atoms with Crippen molar-refractivity contribution in [3.05, 3.63) is 72.3 Å². The van der Waals surface area contributed by atoms with Crippen LogP contribution in [0.4, 0.5) is 21.9 Å². The van der Waals surface area contributed by atoms with Gasteiger partial charge in [-0.15, -0.1) is 0 Å². The van der Waals surface area contributed by atoms with Gasteiger partial charge in [-0.3, -0.25) is 29.8 Å². The van der Waals surface area contributed by atoms with Crippen LogP contribution < -0.4 is 4.90 Å². The van der Waals surface area contributed by atoms with Gasteiger partial charge in [-0.05, 0) is 83.1 Å². The molecule has 0 unspecified atom stereocenters. The molecule has 2 aromatic carbocycles. The molecule has 3 atom stereocenters. The van der Waals surface area contributed by atoms with Crippen LogP contribution in [0.15, 0.2) is 30.3 Å². The number of carbonyl (C=O) groups is 3. The first-order chi connectivity index (χ1) is 19.8. The molecule has 0 saturated carbocycles. The molecule has 4 rings (SSSR count). The highest BCUT2D eigenvalue weighted by atomic mass is 35.5. The van der Waals surface area contributed by atoms with Crippen LogP contribution in [0, 0.1) is 26.1 Å². The standard InChI is InChI=1S/C28H32ClN3O10Si/c1-8-40-24(33)20-14-17-18(12-16(31(36)37)13-22(17)32(38)39)23(42-43(5,6)7)28(20)19-11-15(29)9-10-21(19)30(25(28)34)26(35)41-27(2,3)4/h9-13,20,23H,8,14H2,1-7H3/t20-,23-,28+/m1/s1. The molecule has 43 heavy (non-hydrogen) atoms. The zero-order valence-electron chi connectivity index (χ0n) is 24.8. The van der Waals surface area contributed by atoms with Gasteiger partial charge in [0.1, 0.15) is 11.0 Å². The quantitative estimate of drug-likeness (QED) is 0.159. The first-order valence-electron chi connectivity index (χ1n) is 13.5. The lowest BCUT2D eigenvalue weighted by molar-refractivity contribution is -0.394. The molecule has 0 saturated heterocycles. The molecule has 2 aromatic rings. The van der Waals surface area contributed by atoms with Crippen molar-refractivity contribution in [2.45, 2.75) is 70.9 Å². The Bertz CT molecular complexity index is 1550. The number of ether oxygens (including phenoxy) is 2. The van der Waals surface area contributed by atoms with Crippen LogP contribution >= 0.6 is 11.6 Å². The normalized spacial score (nSPS) is 21.3. The Kier molecular flexibility index (Phi) is 8.19. The second-order valence-electron chi connectivity index (χ2n) is 12.3. The summed E-state index contributed by atoms with van der Waals surface area (Å²) in [6.07, 6.45) is -2.91. The number of fused-ring (bicyclic) bond motifs is 3. The Hall–Kier alpha value is -3.88. The van der Waals surface area contributed by atoms with Crippen LogP contribution in [0.25, 0.3) is 0 Å². The third kappa shape index (κ3) is 5.61. The molecule has 1 aliphatic heterocycles. The average Bonchev–Trinajstić information content (AvgIpc) is 3.11. The highest BCUT2D eigenvalue weighted by Gasteiger charge is 2.68. The van der Waals surface area contributed by atoms with Gasteiger partial charge in [0.2, 0.25) is 0 Å². The first-order valence-corrected chi connectivity index (χ1v) is 17.3. The lowest BCUT2D eigenvalue weighted by Gasteiger charge is -2.47. The van der Waals surface area contributed by atoms with Crippen molar-refractivity contribution in [2.24, 2.45) is 5.92 Å². The second kappa shape index (κ2) is 11.0. The predicted octanol–water partition coefficient (Wildman–Crippen LogP) is 6.00. The van der Waals surface area contributed by atoms with Crippen molar-refractivity contribution in [1.29, 1.82) is 0 Å². The predicted molar refractivity (Wildman–Crippen MR) is 158 cm³/mol. The highest BCUT2D eigenvalue weighted by Crippen LogP contribution is 2.61. The molecule has 1 heterocycles. The molecule has 2 amide bonds. The minimum atomic E-state index is -2.74. The number of amides is 2. The summed E-state index contributed by atoms with van der Waals surface area (Å²) in [6.45, 7) is 11.7. The van der Waals surface area contributed by atoms with Crippen LogP contribution in [-0.4, -0.2) is 48.3 Å². The molecule has 2 aliphatic rings. The maximum atomic E-state index is 14.9. The highest BCUT2D eigenvalue weighted by molar-refractivity contribution is 6.69. The molecule has 13 nitrogen and oxygen atoms in total. The van der Waals surface area contributed by atoms with Crippen molar-refractivity contribution in [3.8, 4) is 0 Å². The van der Waals surface area contributed by atoms with Gasteiger partial charge in [0.05, 0.1) is 40.2 Å². The maximum absolute atomic E-state index is 14.9. The first kappa shape index (κ1) is 32.0. The summed E-state index contributed by atoms with van der Waals surface area (Å²) in [5.41, 5.74) is -4.06. The summed E-state index contributed by atoms with van der Waals surface area (Å²) in [7, 11) is -2.74. The minimum Gasteiger partial charge on any atom is -0.466 e. The topological polar surface area (TPSA) is 168 Å². The minimum absolute atomic E-state index is 0.00498. The number of nitrogens with zero attached hydrogens (tertiary/aromatic N) is 3. The average molecular weight is 634 g/mol. The zero-order chi connectivity index (χ0) is 32.2. The number of nitro groups is 2. The number of rotatable bonds is 6. The molecule has 0 aromatic heterocycles. The molecule has 1 spiro atoms. The number of anilines is 1. The van der Waals surface area contributed by atoms with E-state index in [1.165, 1.54) is 18.2 Å². The molecule has 230 valence electrons. The van der Waals surface area contributed by atoms with Gasteiger partial charge in [0, 0.05) is 16.7 Å². The zero-order valence-corrected chi connectivity index (χ0v) is 26.5. The van der Waals surface area contributed by atoms with Crippen molar-refractivity contribution in [1.82, 2.24) is 0 Å². The number of hydrogen-bond acceptors (Lipinski definition) is 10. The fraction of sp³-hybridized carbons (Fsp3) is 0.464. The van der Waals surface area contributed by atoms with E-state index in [1.807, 2.05) is 0 Å². The number of halogens is 1. The molecule has 0 bridgehead atoms. The van der Waals surface area contributed by atoms with E-state index in [4.69, 9.17) is 25.5 Å². The summed E-state index contributed by atoms with van der Waals surface area (Å²) >= 11 is 6.44. The molecule has 0 radical (unpaired) electrons. The Morgan fingerprint density at radius 1 is 1.12 bits per heavy atom. The fourth-order valence-electron chi connectivity index (χ4n) is 5.73. The van der Waals surface area contributed by atoms with E-state index >= 15 is 0 Å². The van der Waals surface area contributed by atoms with E-state index in [9.17, 15) is 34.6 Å². The Balaban J connectivity index is 2.17. The van der Waals surface area contributed by atoms with Crippen LogP contribution in [0.2, 0.25) is 24.7 Å². The second-order valence-corrected chi connectivity index (χ2v) is 17.2. The number of carbonyl (C=O) groups excluding carboxylic acids is 3. The van der Waals surface area contributed by atoms with Crippen molar-refractivity contribution < 1.29 is 38.1 Å². The lowest BCUT2D eigenvalue weighted by atomic mass is 9.59. The summed E-state index contributed by atoms with van der Waals surface area (Å²) in [5, 5.41) is 24.3. The molecule has 1 aliphatic carbocycles. The number of benzene rings is 2. The van der Waals surface area contributed by atoms with Gasteiger partial charge < -0.3 is 13.9 Å². The van der Waals surface area contributed by atoms with E-state index in [-0.39, 0.29) is 34.0 Å². The van der Waals surface area contributed by atoms with Crippen molar-refractivity contribution in [2.75, 3.05) is 11.5 Å². The van der Waals surface area contributed by atoms with E-state index < -0.39 is 77.0 Å². The van der Waals surface area contributed by atoms with Crippen LogP contribution in [0.5, 0.6) is 0 Å². The Morgan fingerprint density at radius 3 is 2.30 bits per heavy atom. The fourth-order valence-corrected chi connectivity index (χ4v) is 6.92. The largest absolute Gasteiger partial charge is 0.466 e. The Morgan fingerprint density at radius 2 is 1.77 bits per heavy atom. The van der Waals surface area contributed by atoms with Gasteiger partial charge in [-0.25, -0.2) is 9.69 Å². The smallest absolute Gasteiger partial charge is 0.421 e. The third-order valence-corrected chi connectivity index (χ3v) is 8.31. The van der Waals surface area contributed by atoms with E-state index in [2.05, 4.69) is 0 Å². The third-order valence-electron chi connectivity index (χ3n) is 7.13. The van der Waals surface area contributed by atoms with Gasteiger partial charge in [0.25, 0.3) is 17.3 Å². The van der Waals surface area contributed by atoms with Crippen molar-refractivity contribution in [3.63, 3.8) is 0 Å². The number of non-ortho nitro benzene ring substituents is 1. The lowest BCUT2D eigenvalue weighted by Crippen LogP contribution is -2.58. The molecule has 15 heteroatoms. The van der Waals surface area contributed by atoms with Gasteiger partial charge in [-0.1, -0.05) is 11.6 Å².